The minimum Gasteiger partial charge on any atom is -0.389 e. The Bertz CT molecular complexity index is 365. The predicted octanol–water partition coefficient (Wildman–Crippen LogP) is 0.580. The monoisotopic (exact) mass is 219 g/mol. The first-order valence-corrected chi connectivity index (χ1v) is 5.92. The van der Waals surface area contributed by atoms with Gasteiger partial charge < -0.3 is 10.2 Å². The van der Waals surface area contributed by atoms with Crippen LogP contribution in [0.1, 0.15) is 17.9 Å². The van der Waals surface area contributed by atoms with E-state index in [4.69, 9.17) is 0 Å². The first-order chi connectivity index (χ1) is 7.77. The summed E-state index contributed by atoms with van der Waals surface area (Å²) in [6.07, 6.45) is -0.0810. The van der Waals surface area contributed by atoms with Crippen LogP contribution in [0, 0.1) is 0 Å². The molecule has 1 aromatic carbocycles. The molecule has 2 heterocycles. The molecule has 0 saturated carbocycles. The molecular weight excluding hydrogens is 202 g/mol. The van der Waals surface area contributed by atoms with E-state index in [0.29, 0.717) is 12.5 Å². The number of aliphatic hydroxyl groups excluding tert-OH is 2. The van der Waals surface area contributed by atoms with Crippen molar-refractivity contribution in [3.8, 4) is 0 Å². The summed E-state index contributed by atoms with van der Waals surface area (Å²) in [5.41, 5.74) is 1.28. The number of hydrogen-bond acceptors (Lipinski definition) is 3. The number of nitrogens with zero attached hydrogens (tertiary/aromatic N) is 1. The Balaban J connectivity index is 1.88. The lowest BCUT2D eigenvalue weighted by Gasteiger charge is -2.23. The van der Waals surface area contributed by atoms with Crippen molar-refractivity contribution in [1.29, 1.82) is 0 Å². The van der Waals surface area contributed by atoms with Gasteiger partial charge in [0, 0.05) is 18.5 Å². The third kappa shape index (κ3) is 1.47. The Morgan fingerprint density at radius 3 is 2.62 bits per heavy atom. The van der Waals surface area contributed by atoms with Crippen LogP contribution >= 0.6 is 0 Å². The quantitative estimate of drug-likeness (QED) is 0.726. The Morgan fingerprint density at radius 1 is 1.12 bits per heavy atom. The maximum atomic E-state index is 10.0. The van der Waals surface area contributed by atoms with Crippen molar-refractivity contribution in [2.45, 2.75) is 30.6 Å². The molecule has 2 N–H and O–H groups in total. The fourth-order valence-corrected chi connectivity index (χ4v) is 3.19. The van der Waals surface area contributed by atoms with Crippen LogP contribution in [0.3, 0.4) is 0 Å². The van der Waals surface area contributed by atoms with E-state index in [2.05, 4.69) is 17.0 Å². The van der Waals surface area contributed by atoms with Crippen molar-refractivity contribution in [3.05, 3.63) is 35.9 Å². The zero-order chi connectivity index (χ0) is 11.1. The number of benzene rings is 1. The minimum absolute atomic E-state index is 0.109. The van der Waals surface area contributed by atoms with E-state index in [-0.39, 0.29) is 6.04 Å². The van der Waals surface area contributed by atoms with E-state index in [9.17, 15) is 10.2 Å². The van der Waals surface area contributed by atoms with E-state index in [1.807, 2.05) is 18.2 Å². The van der Waals surface area contributed by atoms with Crippen molar-refractivity contribution < 1.29 is 10.2 Å². The standard InChI is InChI=1S/C13H17NO2/c15-11-8-14-7-6-10(12(14)13(11)16)9-4-2-1-3-5-9/h1-5,10-13,15-16H,6-8H2/t10-,11+,12+,13-/m1/s1. The van der Waals surface area contributed by atoms with Gasteiger partial charge in [0.15, 0.2) is 0 Å². The van der Waals surface area contributed by atoms with Crippen molar-refractivity contribution in [2.75, 3.05) is 13.1 Å². The van der Waals surface area contributed by atoms with E-state index >= 15 is 0 Å². The summed E-state index contributed by atoms with van der Waals surface area (Å²) in [7, 11) is 0. The molecular formula is C13H17NO2. The van der Waals surface area contributed by atoms with Gasteiger partial charge in [-0.3, -0.25) is 4.90 Å². The third-order valence-corrected chi connectivity index (χ3v) is 3.95. The van der Waals surface area contributed by atoms with Crippen LogP contribution in [0.4, 0.5) is 0 Å². The largest absolute Gasteiger partial charge is 0.389 e. The van der Waals surface area contributed by atoms with Crippen molar-refractivity contribution in [2.24, 2.45) is 0 Å². The summed E-state index contributed by atoms with van der Waals surface area (Å²) in [6.45, 7) is 1.60. The maximum Gasteiger partial charge on any atom is 0.0972 e. The molecule has 0 amide bonds. The molecule has 0 unspecified atom stereocenters. The smallest absolute Gasteiger partial charge is 0.0972 e. The van der Waals surface area contributed by atoms with Gasteiger partial charge in [-0.05, 0) is 18.5 Å². The van der Waals surface area contributed by atoms with Gasteiger partial charge in [-0.25, -0.2) is 0 Å². The van der Waals surface area contributed by atoms with E-state index in [0.717, 1.165) is 13.0 Å². The summed E-state index contributed by atoms with van der Waals surface area (Å²) in [5.74, 6) is 0.369. The van der Waals surface area contributed by atoms with Crippen LogP contribution in [0.15, 0.2) is 30.3 Å². The normalized spacial score (nSPS) is 38.9. The second kappa shape index (κ2) is 3.84. The molecule has 0 spiro atoms. The second-order valence-electron chi connectivity index (χ2n) is 4.85. The molecule has 0 aliphatic carbocycles. The van der Waals surface area contributed by atoms with Gasteiger partial charge in [0.2, 0.25) is 0 Å². The second-order valence-corrected chi connectivity index (χ2v) is 4.85. The first kappa shape index (κ1) is 10.3. The van der Waals surface area contributed by atoms with Crippen LogP contribution in [-0.2, 0) is 0 Å². The number of fused-ring (bicyclic) bond motifs is 1. The van der Waals surface area contributed by atoms with Gasteiger partial charge in [-0.15, -0.1) is 0 Å². The summed E-state index contributed by atoms with van der Waals surface area (Å²) in [5, 5.41) is 19.7. The zero-order valence-electron chi connectivity index (χ0n) is 9.16. The highest BCUT2D eigenvalue weighted by Gasteiger charge is 2.47. The molecule has 2 fully saturated rings. The number of hydrogen-bond donors (Lipinski definition) is 2. The fraction of sp³-hybridized carbons (Fsp3) is 0.538. The molecule has 2 aliphatic rings. The Kier molecular flexibility index (Phi) is 2.46. The molecule has 1 aromatic rings. The molecule has 3 nitrogen and oxygen atoms in total. The molecule has 3 rings (SSSR count). The average molecular weight is 219 g/mol. The molecule has 0 radical (unpaired) electrons. The van der Waals surface area contributed by atoms with Gasteiger partial charge >= 0.3 is 0 Å². The van der Waals surface area contributed by atoms with Crippen LogP contribution in [0.2, 0.25) is 0 Å². The number of rotatable bonds is 1. The SMILES string of the molecule is O[C@H]1[C@@H]2[C@@H](c3ccccc3)CCN2C[C@@H]1O. The molecule has 16 heavy (non-hydrogen) atoms. The van der Waals surface area contributed by atoms with E-state index < -0.39 is 12.2 Å². The zero-order valence-corrected chi connectivity index (χ0v) is 9.16. The predicted molar refractivity (Wildman–Crippen MR) is 61.2 cm³/mol. The molecule has 2 aliphatic heterocycles. The third-order valence-electron chi connectivity index (χ3n) is 3.95. The summed E-state index contributed by atoms with van der Waals surface area (Å²) in [6, 6.07) is 10.4. The number of aliphatic hydroxyl groups is 2. The Morgan fingerprint density at radius 2 is 1.88 bits per heavy atom. The summed E-state index contributed by atoms with van der Waals surface area (Å²) in [4.78, 5) is 2.22. The van der Waals surface area contributed by atoms with E-state index in [1.54, 1.807) is 0 Å². The van der Waals surface area contributed by atoms with Crippen LogP contribution in [-0.4, -0.2) is 46.5 Å². The molecule has 0 aromatic heterocycles. The van der Waals surface area contributed by atoms with Gasteiger partial charge in [-0.2, -0.15) is 0 Å². The highest BCUT2D eigenvalue weighted by Crippen LogP contribution is 2.39. The summed E-state index contributed by atoms with van der Waals surface area (Å²) >= 11 is 0. The first-order valence-electron chi connectivity index (χ1n) is 5.92. The lowest BCUT2D eigenvalue weighted by molar-refractivity contribution is 0.0359. The Labute approximate surface area is 95.3 Å². The topological polar surface area (TPSA) is 43.7 Å². The molecule has 0 bridgehead atoms. The van der Waals surface area contributed by atoms with E-state index in [1.165, 1.54) is 5.56 Å². The van der Waals surface area contributed by atoms with Gasteiger partial charge in [0.25, 0.3) is 0 Å². The average Bonchev–Trinajstić information content (AvgIpc) is 2.83. The molecule has 2 saturated heterocycles. The van der Waals surface area contributed by atoms with Crippen LogP contribution in [0.5, 0.6) is 0 Å². The molecule has 86 valence electrons. The minimum atomic E-state index is -0.590. The van der Waals surface area contributed by atoms with Crippen molar-refractivity contribution in [3.63, 3.8) is 0 Å². The summed E-state index contributed by atoms with van der Waals surface area (Å²) < 4.78 is 0. The van der Waals surface area contributed by atoms with Crippen LogP contribution < -0.4 is 0 Å². The maximum absolute atomic E-state index is 10.0. The van der Waals surface area contributed by atoms with Crippen molar-refractivity contribution in [1.82, 2.24) is 4.90 Å². The lowest BCUT2D eigenvalue weighted by Crippen LogP contribution is -2.35. The molecule has 3 heteroatoms. The highest BCUT2D eigenvalue weighted by molar-refractivity contribution is 5.25. The van der Waals surface area contributed by atoms with Crippen molar-refractivity contribution >= 4 is 0 Å². The fourth-order valence-electron chi connectivity index (χ4n) is 3.19. The molecule has 4 atom stereocenters. The lowest BCUT2D eigenvalue weighted by atomic mass is 9.89. The van der Waals surface area contributed by atoms with Gasteiger partial charge in [-0.1, -0.05) is 30.3 Å². The van der Waals surface area contributed by atoms with Crippen LogP contribution in [0.25, 0.3) is 0 Å². The Hall–Kier alpha value is -0.900. The highest BCUT2D eigenvalue weighted by atomic mass is 16.3. The van der Waals surface area contributed by atoms with Gasteiger partial charge in [0.05, 0.1) is 12.2 Å². The van der Waals surface area contributed by atoms with Gasteiger partial charge in [0.1, 0.15) is 0 Å².